The van der Waals surface area contributed by atoms with Crippen LogP contribution >= 0.6 is 0 Å². The first-order valence-electron chi connectivity index (χ1n) is 8.74. The van der Waals surface area contributed by atoms with Crippen LogP contribution in [0.2, 0.25) is 0 Å². The second-order valence-electron chi connectivity index (χ2n) is 6.50. The minimum absolute atomic E-state index is 0.0532. The maximum Gasteiger partial charge on any atom is 0.408 e. The summed E-state index contributed by atoms with van der Waals surface area (Å²) in [5.74, 6) is -1.95. The molecule has 9 nitrogen and oxygen atoms in total. The molecule has 0 aliphatic rings. The van der Waals surface area contributed by atoms with Gasteiger partial charge in [0.2, 0.25) is 11.8 Å². The van der Waals surface area contributed by atoms with Crippen LogP contribution in [0.1, 0.15) is 32.8 Å². The first kappa shape index (κ1) is 22.7. The van der Waals surface area contributed by atoms with Crippen LogP contribution in [0, 0.1) is 5.92 Å². The van der Waals surface area contributed by atoms with Crippen molar-refractivity contribution < 1.29 is 23.9 Å². The lowest BCUT2D eigenvalue weighted by molar-refractivity contribution is -0.124. The van der Waals surface area contributed by atoms with Gasteiger partial charge in [-0.25, -0.2) is 4.79 Å². The third kappa shape index (κ3) is 8.84. The van der Waals surface area contributed by atoms with E-state index in [2.05, 4.69) is 16.0 Å². The molecule has 1 aromatic carbocycles. The Morgan fingerprint density at radius 3 is 2.32 bits per heavy atom. The molecular formula is C19H26N4O5. The molecule has 1 rings (SSSR count). The van der Waals surface area contributed by atoms with Gasteiger partial charge in [0, 0.05) is 13.1 Å². The Bertz CT molecular complexity index is 731. The van der Waals surface area contributed by atoms with Gasteiger partial charge in [0.15, 0.2) is 0 Å². The van der Waals surface area contributed by atoms with Crippen molar-refractivity contribution in [2.75, 3.05) is 0 Å². The van der Waals surface area contributed by atoms with E-state index in [0.717, 1.165) is 11.8 Å². The van der Waals surface area contributed by atoms with E-state index in [4.69, 9.17) is 10.5 Å². The van der Waals surface area contributed by atoms with Crippen molar-refractivity contribution in [3.8, 4) is 0 Å². The monoisotopic (exact) mass is 390 g/mol. The zero-order valence-electron chi connectivity index (χ0n) is 16.2. The maximum absolute atomic E-state index is 12.5. The van der Waals surface area contributed by atoms with Gasteiger partial charge < -0.3 is 26.4 Å². The number of carbonyl (C=O) groups is 4. The van der Waals surface area contributed by atoms with Crippen LogP contribution in [0.5, 0.6) is 0 Å². The van der Waals surface area contributed by atoms with E-state index in [1.807, 2.05) is 32.0 Å². The molecule has 0 fully saturated rings. The standard InChI is InChI=1S/C19H26N4O5/c1-12(2)9-15(18(26)22-16(17(20)25)10-21-13(3)24)23-19(27)28-11-14-7-5-4-6-8-14/h4-8,10,12,15H,9,11H2,1-3H3,(H2,20,25)(H,21,24)(H,22,26)(H,23,27)/b16-10-. The summed E-state index contributed by atoms with van der Waals surface area (Å²) in [6.45, 7) is 5.04. The summed E-state index contributed by atoms with van der Waals surface area (Å²) in [5, 5.41) is 7.07. The normalized spacial score (nSPS) is 12.1. The number of primary amides is 1. The van der Waals surface area contributed by atoms with Crippen molar-refractivity contribution in [2.24, 2.45) is 11.7 Å². The van der Waals surface area contributed by atoms with Gasteiger partial charge >= 0.3 is 6.09 Å². The molecule has 28 heavy (non-hydrogen) atoms. The second-order valence-corrected chi connectivity index (χ2v) is 6.50. The molecule has 1 atom stereocenters. The minimum Gasteiger partial charge on any atom is -0.445 e. The molecular weight excluding hydrogens is 364 g/mol. The SMILES string of the molecule is CC(=O)N/C=C(\NC(=O)C(CC(C)C)NC(=O)OCc1ccccc1)C(N)=O. The first-order chi connectivity index (χ1) is 13.2. The highest BCUT2D eigenvalue weighted by Gasteiger charge is 2.24. The van der Waals surface area contributed by atoms with E-state index in [-0.39, 0.29) is 18.2 Å². The Kier molecular flexibility index (Phi) is 9.21. The third-order valence-corrected chi connectivity index (χ3v) is 3.47. The predicted octanol–water partition coefficient (Wildman–Crippen LogP) is 0.906. The number of alkyl carbamates (subject to hydrolysis) is 1. The summed E-state index contributed by atoms with van der Waals surface area (Å²) in [6.07, 6.45) is 0.539. The zero-order valence-corrected chi connectivity index (χ0v) is 16.2. The van der Waals surface area contributed by atoms with Gasteiger partial charge in [-0.15, -0.1) is 0 Å². The lowest BCUT2D eigenvalue weighted by atomic mass is 10.0. The molecule has 0 heterocycles. The molecule has 0 aliphatic heterocycles. The highest BCUT2D eigenvalue weighted by Crippen LogP contribution is 2.07. The van der Waals surface area contributed by atoms with Gasteiger partial charge in [-0.2, -0.15) is 0 Å². The number of nitrogens with one attached hydrogen (secondary N) is 3. The van der Waals surface area contributed by atoms with Crippen molar-refractivity contribution in [1.29, 1.82) is 0 Å². The van der Waals surface area contributed by atoms with E-state index in [0.29, 0.717) is 6.42 Å². The van der Waals surface area contributed by atoms with Crippen molar-refractivity contribution >= 4 is 23.8 Å². The van der Waals surface area contributed by atoms with Crippen LogP contribution in [0.25, 0.3) is 0 Å². The Morgan fingerprint density at radius 1 is 1.14 bits per heavy atom. The molecule has 0 saturated heterocycles. The number of carbonyl (C=O) groups excluding carboxylic acids is 4. The largest absolute Gasteiger partial charge is 0.445 e. The molecule has 0 aromatic heterocycles. The average molecular weight is 390 g/mol. The first-order valence-corrected chi connectivity index (χ1v) is 8.74. The molecule has 152 valence electrons. The smallest absolute Gasteiger partial charge is 0.408 e. The maximum atomic E-state index is 12.5. The van der Waals surface area contributed by atoms with Crippen LogP contribution in [-0.4, -0.2) is 29.9 Å². The predicted molar refractivity (Wildman–Crippen MR) is 102 cm³/mol. The summed E-state index contributed by atoms with van der Waals surface area (Å²) in [4.78, 5) is 47.0. The minimum atomic E-state index is -0.955. The third-order valence-electron chi connectivity index (χ3n) is 3.47. The highest BCUT2D eigenvalue weighted by atomic mass is 16.5. The number of rotatable bonds is 9. The highest BCUT2D eigenvalue weighted by molar-refractivity contribution is 5.98. The number of ether oxygens (including phenoxy) is 1. The van der Waals surface area contributed by atoms with Gasteiger partial charge in [0.25, 0.3) is 5.91 Å². The molecule has 0 radical (unpaired) electrons. The fourth-order valence-electron chi connectivity index (χ4n) is 2.17. The lowest BCUT2D eigenvalue weighted by Gasteiger charge is -2.20. The van der Waals surface area contributed by atoms with Crippen molar-refractivity contribution in [2.45, 2.75) is 39.8 Å². The molecule has 4 amide bonds. The van der Waals surface area contributed by atoms with E-state index < -0.39 is 29.9 Å². The fourth-order valence-corrected chi connectivity index (χ4v) is 2.17. The Morgan fingerprint density at radius 2 is 1.79 bits per heavy atom. The molecule has 1 unspecified atom stereocenters. The van der Waals surface area contributed by atoms with E-state index in [9.17, 15) is 19.2 Å². The quantitative estimate of drug-likeness (QED) is 0.464. The Labute approximate surface area is 163 Å². The van der Waals surface area contributed by atoms with Crippen molar-refractivity contribution in [1.82, 2.24) is 16.0 Å². The zero-order chi connectivity index (χ0) is 21.1. The summed E-state index contributed by atoms with van der Waals surface area (Å²) < 4.78 is 5.13. The van der Waals surface area contributed by atoms with Gasteiger partial charge in [-0.05, 0) is 17.9 Å². The van der Waals surface area contributed by atoms with Gasteiger partial charge in [-0.1, -0.05) is 44.2 Å². The Hall–Kier alpha value is -3.36. The molecule has 0 bridgehead atoms. The summed E-state index contributed by atoms with van der Waals surface area (Å²) in [7, 11) is 0. The molecule has 9 heteroatoms. The van der Waals surface area contributed by atoms with E-state index >= 15 is 0 Å². The van der Waals surface area contributed by atoms with Crippen LogP contribution in [0.4, 0.5) is 4.79 Å². The van der Waals surface area contributed by atoms with Gasteiger partial charge in [0.05, 0.1) is 0 Å². The van der Waals surface area contributed by atoms with Crippen molar-refractivity contribution in [3.63, 3.8) is 0 Å². The second kappa shape index (κ2) is 11.4. The molecule has 5 N–H and O–H groups in total. The lowest BCUT2D eigenvalue weighted by Crippen LogP contribution is -2.48. The van der Waals surface area contributed by atoms with Gasteiger partial charge in [-0.3, -0.25) is 14.4 Å². The molecule has 0 saturated carbocycles. The summed E-state index contributed by atoms with van der Waals surface area (Å²) in [5.41, 5.74) is 5.71. The van der Waals surface area contributed by atoms with E-state index in [1.165, 1.54) is 6.92 Å². The van der Waals surface area contributed by atoms with Crippen LogP contribution in [-0.2, 0) is 25.7 Å². The number of benzene rings is 1. The fraction of sp³-hybridized carbons (Fsp3) is 0.368. The van der Waals surface area contributed by atoms with E-state index in [1.54, 1.807) is 12.1 Å². The topological polar surface area (TPSA) is 140 Å². The summed E-state index contributed by atoms with van der Waals surface area (Å²) >= 11 is 0. The number of amides is 4. The Balaban J connectivity index is 2.75. The molecule has 0 aliphatic carbocycles. The van der Waals surface area contributed by atoms with Crippen LogP contribution in [0.15, 0.2) is 42.2 Å². The van der Waals surface area contributed by atoms with Crippen LogP contribution < -0.4 is 21.7 Å². The molecule has 1 aromatic rings. The molecule has 0 spiro atoms. The number of hydrogen-bond acceptors (Lipinski definition) is 5. The van der Waals surface area contributed by atoms with Crippen molar-refractivity contribution in [3.05, 3.63) is 47.8 Å². The van der Waals surface area contributed by atoms with Gasteiger partial charge in [0.1, 0.15) is 18.3 Å². The van der Waals surface area contributed by atoms with Crippen LogP contribution in [0.3, 0.4) is 0 Å². The number of nitrogens with two attached hydrogens (primary N) is 1. The number of hydrogen-bond donors (Lipinski definition) is 4. The average Bonchev–Trinajstić information content (AvgIpc) is 2.62. The summed E-state index contributed by atoms with van der Waals surface area (Å²) in [6, 6.07) is 8.13.